The van der Waals surface area contributed by atoms with Crippen LogP contribution in [0, 0.1) is 0 Å². The van der Waals surface area contributed by atoms with Crippen molar-refractivity contribution in [2.24, 2.45) is 0 Å². The summed E-state index contributed by atoms with van der Waals surface area (Å²) in [5, 5.41) is 4.99. The van der Waals surface area contributed by atoms with Crippen molar-refractivity contribution in [2.45, 2.75) is 5.41 Å². The van der Waals surface area contributed by atoms with Crippen LogP contribution in [0.3, 0.4) is 0 Å². The van der Waals surface area contributed by atoms with Gasteiger partial charge < -0.3 is 4.57 Å². The second-order valence-corrected chi connectivity index (χ2v) is 16.0. The molecule has 0 saturated carbocycles. The van der Waals surface area contributed by atoms with E-state index in [0.717, 1.165) is 5.69 Å². The van der Waals surface area contributed by atoms with Gasteiger partial charge in [0, 0.05) is 16.5 Å². The first kappa shape index (κ1) is 34.3. The molecule has 11 aromatic rings. The second-order valence-electron chi connectivity index (χ2n) is 16.0. The third-order valence-electron chi connectivity index (χ3n) is 12.9. The number of benzene rings is 10. The molecule has 280 valence electrons. The normalized spacial score (nSPS) is 12.8. The summed E-state index contributed by atoms with van der Waals surface area (Å²) in [6.07, 6.45) is 0. The van der Waals surface area contributed by atoms with E-state index in [1.54, 1.807) is 0 Å². The Bertz CT molecular complexity index is 3260. The zero-order chi connectivity index (χ0) is 39.6. The van der Waals surface area contributed by atoms with E-state index in [-0.39, 0.29) is 0 Å². The third kappa shape index (κ3) is 5.19. The summed E-state index contributed by atoms with van der Waals surface area (Å²) in [6, 6.07) is 87.5. The maximum atomic E-state index is 2.49. The number of aromatic nitrogens is 1. The van der Waals surface area contributed by atoms with Crippen LogP contribution in [0.4, 0.5) is 0 Å². The summed E-state index contributed by atoms with van der Waals surface area (Å²) in [4.78, 5) is 0. The fourth-order valence-corrected chi connectivity index (χ4v) is 10.2. The molecule has 1 heteroatoms. The van der Waals surface area contributed by atoms with Gasteiger partial charge in [0.05, 0.1) is 16.4 Å². The molecule has 0 saturated heterocycles. The molecule has 12 rings (SSSR count). The van der Waals surface area contributed by atoms with Gasteiger partial charge in [-0.25, -0.2) is 0 Å². The topological polar surface area (TPSA) is 4.93 Å². The van der Waals surface area contributed by atoms with Gasteiger partial charge in [-0.15, -0.1) is 0 Å². The van der Waals surface area contributed by atoms with Gasteiger partial charge in [-0.3, -0.25) is 0 Å². The van der Waals surface area contributed by atoms with E-state index < -0.39 is 5.41 Å². The SMILES string of the molecule is c1ccc(-c2ccc3c(c2)c2cc(-c4ccccc4)ccc2n3-c2ccc3c(c2)C(c2ccccc2)(c2ccccc2)c2cc(-c4cccc5ccccc45)ccc2-3)cc1. The molecule has 0 spiro atoms. The first-order chi connectivity index (χ1) is 29.8. The Kier molecular flexibility index (Phi) is 7.83. The van der Waals surface area contributed by atoms with E-state index >= 15 is 0 Å². The molecule has 1 aliphatic carbocycles. The highest BCUT2D eigenvalue weighted by Gasteiger charge is 2.46. The van der Waals surface area contributed by atoms with Gasteiger partial charge in [0.25, 0.3) is 0 Å². The van der Waals surface area contributed by atoms with Gasteiger partial charge in [-0.05, 0) is 120 Å². The lowest BCUT2D eigenvalue weighted by Crippen LogP contribution is -2.28. The Balaban J connectivity index is 1.14. The van der Waals surface area contributed by atoms with E-state index in [1.807, 2.05) is 0 Å². The van der Waals surface area contributed by atoms with Crippen LogP contribution in [0.15, 0.2) is 237 Å². The molecule has 10 aromatic carbocycles. The zero-order valence-corrected chi connectivity index (χ0v) is 33.0. The minimum Gasteiger partial charge on any atom is -0.309 e. The molecule has 0 bridgehead atoms. The molecule has 0 N–H and O–H groups in total. The van der Waals surface area contributed by atoms with Gasteiger partial charge >= 0.3 is 0 Å². The monoisotopic (exact) mass is 761 g/mol. The average molecular weight is 762 g/mol. The molecular formula is C59H39N. The molecule has 0 radical (unpaired) electrons. The average Bonchev–Trinajstić information content (AvgIpc) is 3.81. The van der Waals surface area contributed by atoms with E-state index in [4.69, 9.17) is 0 Å². The van der Waals surface area contributed by atoms with E-state index in [9.17, 15) is 0 Å². The summed E-state index contributed by atoms with van der Waals surface area (Å²) in [5.74, 6) is 0. The maximum absolute atomic E-state index is 2.49. The summed E-state index contributed by atoms with van der Waals surface area (Å²) in [6.45, 7) is 0. The fourth-order valence-electron chi connectivity index (χ4n) is 10.2. The van der Waals surface area contributed by atoms with E-state index in [0.29, 0.717) is 0 Å². The van der Waals surface area contributed by atoms with Crippen molar-refractivity contribution in [3.05, 3.63) is 259 Å². The largest absolute Gasteiger partial charge is 0.309 e. The van der Waals surface area contributed by atoms with Crippen molar-refractivity contribution >= 4 is 32.6 Å². The smallest absolute Gasteiger partial charge is 0.0714 e. The van der Waals surface area contributed by atoms with Crippen LogP contribution in [-0.4, -0.2) is 4.57 Å². The summed E-state index contributed by atoms with van der Waals surface area (Å²) >= 11 is 0. The Hall–Kier alpha value is -7.74. The Morgan fingerprint density at radius 1 is 0.283 bits per heavy atom. The van der Waals surface area contributed by atoms with Crippen LogP contribution in [-0.2, 0) is 5.41 Å². The quantitative estimate of drug-likeness (QED) is 0.159. The molecular weight excluding hydrogens is 723 g/mol. The van der Waals surface area contributed by atoms with Crippen LogP contribution in [0.5, 0.6) is 0 Å². The molecule has 60 heavy (non-hydrogen) atoms. The lowest BCUT2D eigenvalue weighted by Gasteiger charge is -2.34. The van der Waals surface area contributed by atoms with Crippen molar-refractivity contribution in [1.29, 1.82) is 0 Å². The zero-order valence-electron chi connectivity index (χ0n) is 33.0. The first-order valence-corrected chi connectivity index (χ1v) is 20.8. The molecule has 1 aliphatic rings. The maximum Gasteiger partial charge on any atom is 0.0714 e. The molecule has 0 aliphatic heterocycles. The van der Waals surface area contributed by atoms with Crippen molar-refractivity contribution < 1.29 is 0 Å². The molecule has 1 nitrogen and oxygen atoms in total. The van der Waals surface area contributed by atoms with Crippen LogP contribution < -0.4 is 0 Å². The van der Waals surface area contributed by atoms with Crippen LogP contribution in [0.1, 0.15) is 22.3 Å². The Morgan fingerprint density at radius 3 is 1.37 bits per heavy atom. The van der Waals surface area contributed by atoms with E-state index in [1.165, 1.54) is 99.3 Å². The van der Waals surface area contributed by atoms with Gasteiger partial charge in [-0.2, -0.15) is 0 Å². The number of hydrogen-bond acceptors (Lipinski definition) is 0. The second kappa shape index (κ2) is 13.7. The van der Waals surface area contributed by atoms with Crippen molar-refractivity contribution in [2.75, 3.05) is 0 Å². The third-order valence-corrected chi connectivity index (χ3v) is 12.9. The van der Waals surface area contributed by atoms with E-state index in [2.05, 4.69) is 241 Å². The van der Waals surface area contributed by atoms with Crippen molar-refractivity contribution in [3.8, 4) is 50.2 Å². The van der Waals surface area contributed by atoms with Crippen molar-refractivity contribution in [3.63, 3.8) is 0 Å². The summed E-state index contributed by atoms with van der Waals surface area (Å²) in [7, 11) is 0. The van der Waals surface area contributed by atoms with Crippen LogP contribution in [0.2, 0.25) is 0 Å². The van der Waals surface area contributed by atoms with Gasteiger partial charge in [-0.1, -0.05) is 194 Å². The minimum atomic E-state index is -0.566. The predicted molar refractivity (Wildman–Crippen MR) is 252 cm³/mol. The number of rotatable bonds is 6. The lowest BCUT2D eigenvalue weighted by atomic mass is 9.67. The highest BCUT2D eigenvalue weighted by Crippen LogP contribution is 2.57. The molecule has 1 aromatic heterocycles. The van der Waals surface area contributed by atoms with Gasteiger partial charge in [0.2, 0.25) is 0 Å². The summed E-state index contributed by atoms with van der Waals surface area (Å²) in [5.41, 5.74) is 17.9. The van der Waals surface area contributed by atoms with Crippen LogP contribution >= 0.6 is 0 Å². The number of hydrogen-bond donors (Lipinski definition) is 0. The summed E-state index contributed by atoms with van der Waals surface area (Å²) < 4.78 is 2.49. The highest BCUT2D eigenvalue weighted by molar-refractivity contribution is 6.12. The lowest BCUT2D eigenvalue weighted by molar-refractivity contribution is 0.768. The molecule has 0 amide bonds. The predicted octanol–water partition coefficient (Wildman–Crippen LogP) is 15.3. The Morgan fingerprint density at radius 2 is 0.767 bits per heavy atom. The molecule has 0 atom stereocenters. The molecule has 0 fully saturated rings. The minimum absolute atomic E-state index is 0.566. The molecule has 1 heterocycles. The van der Waals surface area contributed by atoms with Crippen LogP contribution in [0.25, 0.3) is 82.8 Å². The first-order valence-electron chi connectivity index (χ1n) is 20.8. The van der Waals surface area contributed by atoms with Gasteiger partial charge in [0.1, 0.15) is 0 Å². The highest BCUT2D eigenvalue weighted by atomic mass is 15.0. The van der Waals surface area contributed by atoms with Crippen molar-refractivity contribution in [1.82, 2.24) is 4.57 Å². The fraction of sp³-hybridized carbons (Fsp3) is 0.0169. The molecule has 0 unspecified atom stereocenters. The van der Waals surface area contributed by atoms with Gasteiger partial charge in [0.15, 0.2) is 0 Å². The Labute approximate surface area is 350 Å². The number of nitrogens with zero attached hydrogens (tertiary/aromatic N) is 1. The standard InChI is InChI=1S/C59H39N/c1-5-16-40(17-6-1)43-29-34-57-53(36-43)54-37-44(41-18-7-2-8-19-41)30-35-58(54)60(57)48-31-33-52-51-32-28-45(50-27-15-21-42-20-13-14-26-49(42)50)38-55(51)59(56(52)39-48,46-22-9-3-10-23-46)47-24-11-4-12-25-47/h1-39H. The number of fused-ring (bicyclic) bond motifs is 7.